The van der Waals surface area contributed by atoms with Crippen LogP contribution in [-0.2, 0) is 6.54 Å². The lowest BCUT2D eigenvalue weighted by atomic mass is 10.1. The van der Waals surface area contributed by atoms with Crippen molar-refractivity contribution in [2.75, 3.05) is 18.5 Å². The predicted octanol–water partition coefficient (Wildman–Crippen LogP) is 4.07. The molecule has 0 saturated heterocycles. The molecule has 1 aliphatic carbocycles. The van der Waals surface area contributed by atoms with Gasteiger partial charge in [-0.1, -0.05) is 31.5 Å². The van der Waals surface area contributed by atoms with Gasteiger partial charge in [0.1, 0.15) is 0 Å². The van der Waals surface area contributed by atoms with E-state index in [0.717, 1.165) is 35.8 Å². The van der Waals surface area contributed by atoms with E-state index in [9.17, 15) is 0 Å². The van der Waals surface area contributed by atoms with Crippen molar-refractivity contribution in [1.29, 1.82) is 0 Å². The van der Waals surface area contributed by atoms with Crippen molar-refractivity contribution in [3.05, 3.63) is 28.8 Å². The van der Waals surface area contributed by atoms with Crippen LogP contribution in [0.2, 0.25) is 5.02 Å². The summed E-state index contributed by atoms with van der Waals surface area (Å²) in [5.74, 6) is 0.725. The zero-order valence-corrected chi connectivity index (χ0v) is 13.0. The van der Waals surface area contributed by atoms with Gasteiger partial charge >= 0.3 is 0 Å². The van der Waals surface area contributed by atoms with Crippen LogP contribution in [0.25, 0.3) is 0 Å². The molecule has 1 fully saturated rings. The lowest BCUT2D eigenvalue weighted by molar-refractivity contribution is 0.585. The summed E-state index contributed by atoms with van der Waals surface area (Å²) in [6, 6.07) is 7.17. The van der Waals surface area contributed by atoms with Crippen molar-refractivity contribution in [3.63, 3.8) is 0 Å². The molecule has 1 saturated carbocycles. The van der Waals surface area contributed by atoms with Crippen LogP contribution in [0, 0.1) is 5.92 Å². The van der Waals surface area contributed by atoms with Crippen molar-refractivity contribution < 1.29 is 0 Å². The standard InChI is InChI=1S/C16H25ClN2/c1-12(2)8-9-19(3)16-7-4-13(10-15(16)17)11-18-14-5-6-14/h4,7,10,12,14,18H,5-6,8-9,11H2,1-3H3. The summed E-state index contributed by atoms with van der Waals surface area (Å²) in [5.41, 5.74) is 2.41. The maximum atomic E-state index is 6.40. The summed E-state index contributed by atoms with van der Waals surface area (Å²) in [7, 11) is 2.12. The van der Waals surface area contributed by atoms with E-state index in [4.69, 9.17) is 11.6 Å². The molecule has 106 valence electrons. The van der Waals surface area contributed by atoms with Crippen LogP contribution in [0.3, 0.4) is 0 Å². The Morgan fingerprint density at radius 1 is 1.37 bits per heavy atom. The normalized spacial score (nSPS) is 15.0. The van der Waals surface area contributed by atoms with Gasteiger partial charge < -0.3 is 10.2 Å². The van der Waals surface area contributed by atoms with Crippen LogP contribution in [0.4, 0.5) is 5.69 Å². The Balaban J connectivity index is 1.92. The number of anilines is 1. The summed E-state index contributed by atoms with van der Waals surface area (Å²) in [5, 5.41) is 4.38. The third-order valence-corrected chi connectivity index (χ3v) is 3.94. The molecule has 0 aliphatic heterocycles. The Hall–Kier alpha value is -0.730. The number of nitrogens with one attached hydrogen (secondary N) is 1. The smallest absolute Gasteiger partial charge is 0.0642 e. The van der Waals surface area contributed by atoms with Gasteiger partial charge in [0.2, 0.25) is 0 Å². The summed E-state index contributed by atoms with van der Waals surface area (Å²) in [6.45, 7) is 6.49. The van der Waals surface area contributed by atoms with Crippen molar-refractivity contribution in [3.8, 4) is 0 Å². The van der Waals surface area contributed by atoms with Crippen LogP contribution in [-0.4, -0.2) is 19.6 Å². The van der Waals surface area contributed by atoms with E-state index in [-0.39, 0.29) is 0 Å². The summed E-state index contributed by atoms with van der Waals surface area (Å²) >= 11 is 6.40. The number of halogens is 1. The average Bonchev–Trinajstić information content (AvgIpc) is 3.17. The Morgan fingerprint density at radius 3 is 2.68 bits per heavy atom. The highest BCUT2D eigenvalue weighted by atomic mass is 35.5. The molecule has 1 aromatic rings. The van der Waals surface area contributed by atoms with Crippen LogP contribution < -0.4 is 10.2 Å². The molecule has 0 atom stereocenters. The highest BCUT2D eigenvalue weighted by Gasteiger charge is 2.20. The molecule has 0 amide bonds. The molecule has 2 nitrogen and oxygen atoms in total. The van der Waals surface area contributed by atoms with Gasteiger partial charge in [0.15, 0.2) is 0 Å². The first-order chi connectivity index (χ1) is 9.06. The molecule has 0 spiro atoms. The van der Waals surface area contributed by atoms with E-state index in [1.54, 1.807) is 0 Å². The molecule has 1 aliphatic rings. The maximum Gasteiger partial charge on any atom is 0.0642 e. The first-order valence-corrected chi connectivity index (χ1v) is 7.67. The number of hydrogen-bond acceptors (Lipinski definition) is 2. The highest BCUT2D eigenvalue weighted by Crippen LogP contribution is 2.27. The van der Waals surface area contributed by atoms with E-state index in [1.165, 1.54) is 24.8 Å². The fourth-order valence-corrected chi connectivity index (χ4v) is 2.44. The van der Waals surface area contributed by atoms with Gasteiger partial charge in [0.05, 0.1) is 10.7 Å². The molecular formula is C16H25ClN2. The van der Waals surface area contributed by atoms with Crippen LogP contribution in [0.15, 0.2) is 18.2 Å². The number of rotatable bonds is 7. The van der Waals surface area contributed by atoms with Gasteiger partial charge in [-0.05, 0) is 42.9 Å². The minimum absolute atomic E-state index is 0.725. The topological polar surface area (TPSA) is 15.3 Å². The third-order valence-electron chi connectivity index (χ3n) is 3.64. The zero-order valence-electron chi connectivity index (χ0n) is 12.2. The monoisotopic (exact) mass is 280 g/mol. The first-order valence-electron chi connectivity index (χ1n) is 7.29. The molecule has 0 aromatic heterocycles. The second-order valence-electron chi connectivity index (χ2n) is 6.05. The minimum atomic E-state index is 0.725. The molecule has 3 heteroatoms. The number of nitrogens with zero attached hydrogens (tertiary/aromatic N) is 1. The molecule has 0 bridgehead atoms. The third kappa shape index (κ3) is 4.70. The van der Waals surface area contributed by atoms with Crippen molar-refractivity contribution in [2.24, 2.45) is 5.92 Å². The summed E-state index contributed by atoms with van der Waals surface area (Å²) in [6.07, 6.45) is 3.84. The van der Waals surface area contributed by atoms with Crippen molar-refractivity contribution >= 4 is 17.3 Å². The van der Waals surface area contributed by atoms with Crippen LogP contribution in [0.1, 0.15) is 38.7 Å². The lowest BCUT2D eigenvalue weighted by Crippen LogP contribution is -2.20. The molecule has 1 aromatic carbocycles. The predicted molar refractivity (Wildman–Crippen MR) is 84.0 cm³/mol. The Labute approximate surface area is 122 Å². The van der Waals surface area contributed by atoms with Crippen LogP contribution in [0.5, 0.6) is 0 Å². The van der Waals surface area contributed by atoms with Gasteiger partial charge in [0.25, 0.3) is 0 Å². The molecule has 19 heavy (non-hydrogen) atoms. The second kappa shape index (κ2) is 6.62. The largest absolute Gasteiger partial charge is 0.373 e. The summed E-state index contributed by atoms with van der Waals surface area (Å²) in [4.78, 5) is 2.25. The van der Waals surface area contributed by atoms with Crippen molar-refractivity contribution in [1.82, 2.24) is 5.32 Å². The lowest BCUT2D eigenvalue weighted by Gasteiger charge is -2.22. The van der Waals surface area contributed by atoms with Gasteiger partial charge in [-0.15, -0.1) is 0 Å². The minimum Gasteiger partial charge on any atom is -0.373 e. The summed E-state index contributed by atoms with van der Waals surface area (Å²) < 4.78 is 0. The maximum absolute atomic E-state index is 6.40. The Morgan fingerprint density at radius 2 is 2.11 bits per heavy atom. The first kappa shape index (κ1) is 14.7. The highest BCUT2D eigenvalue weighted by molar-refractivity contribution is 6.33. The molecule has 0 radical (unpaired) electrons. The van der Waals surface area contributed by atoms with Crippen molar-refractivity contribution in [2.45, 2.75) is 45.7 Å². The number of benzene rings is 1. The number of hydrogen-bond donors (Lipinski definition) is 1. The fraction of sp³-hybridized carbons (Fsp3) is 0.625. The van der Waals surface area contributed by atoms with Gasteiger partial charge in [-0.3, -0.25) is 0 Å². The molecular weight excluding hydrogens is 256 g/mol. The van der Waals surface area contributed by atoms with E-state index < -0.39 is 0 Å². The Kier molecular flexibility index (Phi) is 5.12. The SMILES string of the molecule is CC(C)CCN(C)c1ccc(CNC2CC2)cc1Cl. The van der Waals surface area contributed by atoms with E-state index in [0.29, 0.717) is 0 Å². The quantitative estimate of drug-likeness (QED) is 0.810. The van der Waals surface area contributed by atoms with Gasteiger partial charge in [-0.25, -0.2) is 0 Å². The average molecular weight is 281 g/mol. The van der Waals surface area contributed by atoms with E-state index >= 15 is 0 Å². The second-order valence-corrected chi connectivity index (χ2v) is 6.45. The van der Waals surface area contributed by atoms with Crippen LogP contribution >= 0.6 is 11.6 Å². The molecule has 2 rings (SSSR count). The van der Waals surface area contributed by atoms with Gasteiger partial charge in [-0.2, -0.15) is 0 Å². The Bertz CT molecular complexity index is 413. The molecule has 0 unspecified atom stereocenters. The molecule has 0 heterocycles. The zero-order chi connectivity index (χ0) is 13.8. The van der Waals surface area contributed by atoms with Gasteiger partial charge in [0, 0.05) is 26.2 Å². The van der Waals surface area contributed by atoms with E-state index in [2.05, 4.69) is 49.3 Å². The fourth-order valence-electron chi connectivity index (χ4n) is 2.09. The van der Waals surface area contributed by atoms with E-state index in [1.807, 2.05) is 0 Å². The molecule has 1 N–H and O–H groups in total.